The van der Waals surface area contributed by atoms with Crippen molar-refractivity contribution in [3.63, 3.8) is 0 Å². The van der Waals surface area contributed by atoms with Gasteiger partial charge in [0, 0.05) is 5.56 Å². The third-order valence-corrected chi connectivity index (χ3v) is 15.6. The van der Waals surface area contributed by atoms with Crippen LogP contribution in [0.1, 0.15) is 113 Å². The van der Waals surface area contributed by atoms with E-state index >= 15 is 0 Å². The van der Waals surface area contributed by atoms with Gasteiger partial charge >= 0.3 is 11.9 Å². The Hall–Kier alpha value is -3.95. The van der Waals surface area contributed by atoms with Gasteiger partial charge in [-0.25, -0.2) is 0 Å². The van der Waals surface area contributed by atoms with Crippen LogP contribution in [0.2, 0.25) is 0 Å². The summed E-state index contributed by atoms with van der Waals surface area (Å²) in [7, 11) is -1.73. The summed E-state index contributed by atoms with van der Waals surface area (Å²) in [6, 6.07) is 33.7. The molecule has 0 amide bonds. The minimum Gasteiger partial charge on any atom is -0.487 e. The van der Waals surface area contributed by atoms with Gasteiger partial charge in [0.05, 0.1) is 19.0 Å². The van der Waals surface area contributed by atoms with Crippen molar-refractivity contribution >= 4 is 35.1 Å². The van der Waals surface area contributed by atoms with Gasteiger partial charge < -0.3 is 14.6 Å². The van der Waals surface area contributed by atoms with Gasteiger partial charge in [0.2, 0.25) is 0 Å². The van der Waals surface area contributed by atoms with Crippen LogP contribution in [0.15, 0.2) is 91.0 Å². The van der Waals surface area contributed by atoms with Crippen molar-refractivity contribution < 1.29 is 24.2 Å². The van der Waals surface area contributed by atoms with Crippen LogP contribution in [-0.2, 0) is 16.0 Å². The van der Waals surface area contributed by atoms with E-state index in [2.05, 4.69) is 97.9 Å². The summed E-state index contributed by atoms with van der Waals surface area (Å²) in [6.07, 6.45) is 15.0. The molecule has 1 unspecified atom stereocenters. The number of aliphatic carboxylic acids is 1. The van der Waals surface area contributed by atoms with Crippen molar-refractivity contribution in [1.29, 1.82) is 0 Å². The maximum atomic E-state index is 12.3. The van der Waals surface area contributed by atoms with E-state index in [1.807, 2.05) is 20.8 Å². The van der Waals surface area contributed by atoms with E-state index in [-0.39, 0.29) is 18.4 Å². The summed E-state index contributed by atoms with van der Waals surface area (Å²) in [5, 5.41) is 13.4. The molecule has 276 valence electrons. The highest BCUT2D eigenvalue weighted by Crippen LogP contribution is 2.56. The summed E-state index contributed by atoms with van der Waals surface area (Å²) in [5.41, 5.74) is 3.71. The summed E-state index contributed by atoms with van der Waals surface area (Å²) >= 11 is 0. The molecule has 1 N–H and O–H groups in total. The molecule has 0 fully saturated rings. The summed E-state index contributed by atoms with van der Waals surface area (Å²) < 4.78 is 12.4. The van der Waals surface area contributed by atoms with Crippen molar-refractivity contribution in [3.8, 4) is 11.5 Å². The smallest absolute Gasteiger partial charge is 0.311 e. The highest BCUT2D eigenvalue weighted by Gasteiger charge is 2.44. The van der Waals surface area contributed by atoms with E-state index in [0.29, 0.717) is 5.75 Å². The summed E-state index contributed by atoms with van der Waals surface area (Å²) in [5.74, 6) is -0.0237. The Bertz CT molecular complexity index is 1660. The average molecular weight is 722 g/mol. The predicted molar refractivity (Wildman–Crippen MR) is 217 cm³/mol. The van der Waals surface area contributed by atoms with Crippen molar-refractivity contribution in [3.05, 3.63) is 113 Å². The standard InChI is InChI=1S/C46H57O5P/c1-35-36(2)45-41(37(3)44(35)50-43(49)30-29-42(47)48)31-33-46(4,51-45)32-21-10-8-6-5-7-9-11-22-34-52(38-23-15-12-16-24-38,39-25-17-13-18-26-39)40-27-19-14-20-28-40/h12-20,23-28H,5-11,21-22,29-34H2,1-4H3/p+1. The third kappa shape index (κ3) is 9.72. The number of esters is 1. The highest BCUT2D eigenvalue weighted by atomic mass is 31.2. The van der Waals surface area contributed by atoms with Crippen molar-refractivity contribution in [2.75, 3.05) is 6.16 Å². The van der Waals surface area contributed by atoms with Gasteiger partial charge in [-0.15, -0.1) is 0 Å². The SMILES string of the molecule is Cc1c(C)c2c(c(C)c1OC(=O)CCC(=O)O)CCC(C)(CCCCCCCCCCC[P+](c1ccccc1)(c1ccccc1)c1ccccc1)O2. The number of unbranched alkanes of at least 4 members (excludes halogenated alkanes) is 8. The lowest BCUT2D eigenvalue weighted by molar-refractivity contribution is -0.142. The molecular formula is C46H58O5P+. The van der Waals surface area contributed by atoms with Crippen molar-refractivity contribution in [2.45, 2.75) is 123 Å². The highest BCUT2D eigenvalue weighted by molar-refractivity contribution is 7.95. The second kappa shape index (κ2) is 18.7. The largest absolute Gasteiger partial charge is 0.487 e. The number of carboxylic acid groups (broad SMARTS) is 1. The summed E-state index contributed by atoms with van der Waals surface area (Å²) in [4.78, 5) is 23.2. The van der Waals surface area contributed by atoms with Crippen molar-refractivity contribution in [1.82, 2.24) is 0 Å². The van der Waals surface area contributed by atoms with Crippen LogP contribution in [-0.4, -0.2) is 28.8 Å². The molecule has 5 rings (SSSR count). The first-order chi connectivity index (χ1) is 25.1. The molecule has 0 saturated heterocycles. The molecule has 0 radical (unpaired) electrons. The number of ether oxygens (including phenoxy) is 2. The minimum absolute atomic E-state index is 0.139. The molecule has 4 aromatic carbocycles. The Kier molecular flexibility index (Phi) is 14.1. The monoisotopic (exact) mass is 721 g/mol. The lowest BCUT2D eigenvalue weighted by atomic mass is 9.84. The first-order valence-corrected chi connectivity index (χ1v) is 21.4. The van der Waals surface area contributed by atoms with E-state index in [1.165, 1.54) is 73.4 Å². The zero-order chi connectivity index (χ0) is 37.0. The van der Waals surface area contributed by atoms with Crippen LogP contribution in [0, 0.1) is 20.8 Å². The zero-order valence-corrected chi connectivity index (χ0v) is 32.7. The molecule has 1 aliphatic rings. The molecular weight excluding hydrogens is 663 g/mol. The number of rotatable bonds is 19. The van der Waals surface area contributed by atoms with E-state index < -0.39 is 19.2 Å². The van der Waals surface area contributed by atoms with Gasteiger partial charge in [-0.1, -0.05) is 93.1 Å². The Balaban J connectivity index is 1.05. The molecule has 52 heavy (non-hydrogen) atoms. The first kappa shape index (κ1) is 39.3. The average Bonchev–Trinajstić information content (AvgIpc) is 3.16. The van der Waals surface area contributed by atoms with Gasteiger partial charge in [-0.05, 0) is 119 Å². The quantitative estimate of drug-likeness (QED) is 0.0452. The topological polar surface area (TPSA) is 72.8 Å². The van der Waals surface area contributed by atoms with E-state index in [0.717, 1.165) is 53.7 Å². The van der Waals surface area contributed by atoms with Crippen molar-refractivity contribution in [2.24, 2.45) is 0 Å². The molecule has 0 aliphatic carbocycles. The molecule has 5 nitrogen and oxygen atoms in total. The van der Waals surface area contributed by atoms with Crippen LogP contribution in [0.4, 0.5) is 0 Å². The normalized spacial score (nSPS) is 15.5. The number of carbonyl (C=O) groups is 2. The van der Waals surface area contributed by atoms with Crippen LogP contribution >= 0.6 is 7.26 Å². The molecule has 0 spiro atoms. The Morgan fingerprint density at radius 2 is 1.15 bits per heavy atom. The van der Waals surface area contributed by atoms with Crippen LogP contribution in [0.5, 0.6) is 11.5 Å². The van der Waals surface area contributed by atoms with Crippen LogP contribution in [0.3, 0.4) is 0 Å². The Morgan fingerprint density at radius 1 is 0.673 bits per heavy atom. The molecule has 1 heterocycles. The molecule has 0 aromatic heterocycles. The van der Waals surface area contributed by atoms with E-state index in [4.69, 9.17) is 14.6 Å². The number of hydrogen-bond acceptors (Lipinski definition) is 4. The maximum absolute atomic E-state index is 12.3. The molecule has 1 atom stereocenters. The maximum Gasteiger partial charge on any atom is 0.311 e. The molecule has 6 heteroatoms. The second-order valence-electron chi connectivity index (χ2n) is 14.9. The van der Waals surface area contributed by atoms with Crippen LogP contribution < -0.4 is 25.4 Å². The van der Waals surface area contributed by atoms with Gasteiger partial charge in [0.15, 0.2) is 0 Å². The zero-order valence-electron chi connectivity index (χ0n) is 31.8. The van der Waals surface area contributed by atoms with Gasteiger partial charge in [-0.3, -0.25) is 9.59 Å². The first-order valence-electron chi connectivity index (χ1n) is 19.4. The lowest BCUT2D eigenvalue weighted by Gasteiger charge is -2.38. The molecule has 4 aromatic rings. The fourth-order valence-electron chi connectivity index (χ4n) is 7.95. The summed E-state index contributed by atoms with van der Waals surface area (Å²) in [6.45, 7) is 8.20. The second-order valence-corrected chi connectivity index (χ2v) is 18.5. The number of hydrogen-bond donors (Lipinski definition) is 1. The number of benzene rings is 4. The third-order valence-electron chi connectivity index (χ3n) is 11.1. The predicted octanol–water partition coefficient (Wildman–Crippen LogP) is 10.4. The fraction of sp³-hybridized carbons (Fsp3) is 0.435. The van der Waals surface area contributed by atoms with Gasteiger partial charge in [-0.2, -0.15) is 0 Å². The fourth-order valence-corrected chi connectivity index (χ4v) is 12.4. The van der Waals surface area contributed by atoms with E-state index in [9.17, 15) is 9.59 Å². The molecule has 1 aliphatic heterocycles. The Morgan fingerprint density at radius 3 is 1.65 bits per heavy atom. The van der Waals surface area contributed by atoms with Gasteiger partial charge in [0.1, 0.15) is 40.3 Å². The molecule has 0 saturated carbocycles. The Labute approximate surface area is 312 Å². The van der Waals surface area contributed by atoms with Crippen LogP contribution in [0.25, 0.3) is 0 Å². The van der Waals surface area contributed by atoms with E-state index in [1.54, 1.807) is 0 Å². The number of carbonyl (C=O) groups excluding carboxylic acids is 1. The van der Waals surface area contributed by atoms with Gasteiger partial charge in [0.25, 0.3) is 0 Å². The number of fused-ring (bicyclic) bond motifs is 1. The minimum atomic E-state index is -1.73. The lowest BCUT2D eigenvalue weighted by Crippen LogP contribution is -2.37. The number of carboxylic acids is 1. The molecule has 0 bridgehead atoms.